The van der Waals surface area contributed by atoms with Crippen molar-refractivity contribution in [3.05, 3.63) is 12.2 Å². The highest BCUT2D eigenvalue weighted by Crippen LogP contribution is 2.30. The molecule has 1 aliphatic heterocycles. The van der Waals surface area contributed by atoms with Crippen LogP contribution in [0.15, 0.2) is 12.2 Å². The molecule has 18 heavy (non-hydrogen) atoms. The van der Waals surface area contributed by atoms with Crippen LogP contribution < -0.4 is 0 Å². The van der Waals surface area contributed by atoms with Gasteiger partial charge in [-0.25, -0.2) is 0 Å². The van der Waals surface area contributed by atoms with Crippen molar-refractivity contribution in [2.75, 3.05) is 26.4 Å². The lowest BCUT2D eigenvalue weighted by atomic mass is 9.88. The van der Waals surface area contributed by atoms with Gasteiger partial charge in [0.1, 0.15) is 0 Å². The predicted molar refractivity (Wildman–Crippen MR) is 70.2 cm³/mol. The zero-order valence-corrected chi connectivity index (χ0v) is 11.2. The Bertz CT molecular complexity index is 227. The summed E-state index contributed by atoms with van der Waals surface area (Å²) < 4.78 is 5.21. The highest BCUT2D eigenvalue weighted by Gasteiger charge is 2.31. The third-order valence-corrected chi connectivity index (χ3v) is 3.95. The first-order valence-corrected chi connectivity index (χ1v) is 6.80. The van der Waals surface area contributed by atoms with Crippen LogP contribution in [0.2, 0.25) is 0 Å². The Morgan fingerprint density at radius 3 is 2.06 bits per heavy atom. The molecule has 0 aromatic carbocycles. The van der Waals surface area contributed by atoms with Gasteiger partial charge < -0.3 is 20.1 Å². The number of allylic oxidation sites excluding steroid dienone is 2. The van der Waals surface area contributed by atoms with E-state index < -0.39 is 5.41 Å². The summed E-state index contributed by atoms with van der Waals surface area (Å²) in [5.41, 5.74) is -0.667. The lowest BCUT2D eigenvalue weighted by Gasteiger charge is -2.24. The van der Waals surface area contributed by atoms with Gasteiger partial charge in [-0.1, -0.05) is 19.1 Å². The van der Waals surface area contributed by atoms with Crippen LogP contribution in [0.3, 0.4) is 0 Å². The van der Waals surface area contributed by atoms with Crippen molar-refractivity contribution < 1.29 is 20.1 Å². The van der Waals surface area contributed by atoms with Gasteiger partial charge in [0, 0.05) is 5.41 Å². The van der Waals surface area contributed by atoms with Crippen molar-refractivity contribution in [1.82, 2.24) is 0 Å². The number of aliphatic hydroxyl groups excluding tert-OH is 3. The Morgan fingerprint density at radius 2 is 1.78 bits per heavy atom. The zero-order valence-electron chi connectivity index (χ0n) is 11.2. The quantitative estimate of drug-likeness (QED) is 0.510. The topological polar surface area (TPSA) is 73.2 Å². The van der Waals surface area contributed by atoms with Gasteiger partial charge in [0.05, 0.1) is 32.5 Å². The number of ether oxygens (including phenoxy) is 1. The Morgan fingerprint density at radius 1 is 1.17 bits per heavy atom. The number of aliphatic hydroxyl groups is 3. The lowest BCUT2D eigenvalue weighted by Crippen LogP contribution is -2.32. The Labute approximate surface area is 109 Å². The van der Waals surface area contributed by atoms with Crippen LogP contribution in [-0.2, 0) is 4.74 Å². The molecule has 2 rings (SSSR count). The minimum Gasteiger partial charge on any atom is -0.396 e. The van der Waals surface area contributed by atoms with E-state index in [-0.39, 0.29) is 19.8 Å². The second-order valence-electron chi connectivity index (χ2n) is 5.24. The molecule has 2 aliphatic rings. The smallest absolute Gasteiger partial charge is 0.0841 e. The summed E-state index contributed by atoms with van der Waals surface area (Å²) >= 11 is 0. The van der Waals surface area contributed by atoms with Gasteiger partial charge in [-0.05, 0) is 31.6 Å². The number of hydrogen-bond acceptors (Lipinski definition) is 4. The Hall–Kier alpha value is -0.420. The molecular weight excluding hydrogens is 232 g/mol. The summed E-state index contributed by atoms with van der Waals surface area (Å²) in [6, 6.07) is 0. The minimum atomic E-state index is -0.667. The number of hydrogen-bond donors (Lipinski definition) is 3. The molecule has 3 N–H and O–H groups in total. The van der Waals surface area contributed by atoms with E-state index in [1.807, 2.05) is 6.92 Å². The maximum absolute atomic E-state index is 8.66. The van der Waals surface area contributed by atoms with Crippen LogP contribution in [0.5, 0.6) is 0 Å². The summed E-state index contributed by atoms with van der Waals surface area (Å²) in [5, 5.41) is 26.0. The van der Waals surface area contributed by atoms with Crippen molar-refractivity contribution in [3.63, 3.8) is 0 Å². The van der Waals surface area contributed by atoms with Gasteiger partial charge in [-0.2, -0.15) is 0 Å². The third kappa shape index (κ3) is 4.69. The molecule has 0 aromatic rings. The standard InChI is InChI=1S/C8H12O.C6H14O3/c1-2-4-7(5-3-1)8-6-9-8;1-2-6(3-7,4-8)5-9/h1-2,7-8H,3-6H2;7-9H,2-5H2,1H3. The fraction of sp³-hybridized carbons (Fsp3) is 0.857. The molecule has 0 spiro atoms. The fourth-order valence-corrected chi connectivity index (χ4v) is 1.97. The predicted octanol–water partition coefficient (Wildman–Crippen LogP) is 1.10. The maximum Gasteiger partial charge on any atom is 0.0841 e. The van der Waals surface area contributed by atoms with Crippen LogP contribution in [0.1, 0.15) is 32.6 Å². The first-order valence-electron chi connectivity index (χ1n) is 6.80. The first-order chi connectivity index (χ1) is 8.71. The van der Waals surface area contributed by atoms with Crippen molar-refractivity contribution >= 4 is 0 Å². The van der Waals surface area contributed by atoms with Crippen molar-refractivity contribution in [2.45, 2.75) is 38.7 Å². The van der Waals surface area contributed by atoms with Gasteiger partial charge in [0.2, 0.25) is 0 Å². The van der Waals surface area contributed by atoms with E-state index in [2.05, 4.69) is 12.2 Å². The molecule has 0 radical (unpaired) electrons. The summed E-state index contributed by atoms with van der Waals surface area (Å²) in [4.78, 5) is 0. The van der Waals surface area contributed by atoms with Crippen LogP contribution in [0.25, 0.3) is 0 Å². The number of epoxide rings is 1. The van der Waals surface area contributed by atoms with Crippen molar-refractivity contribution in [1.29, 1.82) is 0 Å². The zero-order chi connectivity index (χ0) is 13.4. The largest absolute Gasteiger partial charge is 0.396 e. The first kappa shape index (κ1) is 15.6. The maximum atomic E-state index is 8.66. The molecule has 0 amide bonds. The third-order valence-electron chi connectivity index (χ3n) is 3.95. The van der Waals surface area contributed by atoms with E-state index in [1.54, 1.807) is 0 Å². The normalized spacial score (nSPS) is 26.4. The van der Waals surface area contributed by atoms with E-state index >= 15 is 0 Å². The molecule has 0 bridgehead atoms. The lowest BCUT2D eigenvalue weighted by molar-refractivity contribution is 0.00304. The van der Waals surface area contributed by atoms with Crippen molar-refractivity contribution in [2.24, 2.45) is 11.3 Å². The highest BCUT2D eigenvalue weighted by atomic mass is 16.6. The monoisotopic (exact) mass is 258 g/mol. The molecule has 2 atom stereocenters. The van der Waals surface area contributed by atoms with E-state index in [1.165, 1.54) is 19.3 Å². The molecule has 1 heterocycles. The summed E-state index contributed by atoms with van der Waals surface area (Å²) in [6.45, 7) is 2.38. The van der Waals surface area contributed by atoms with E-state index in [4.69, 9.17) is 20.1 Å². The second-order valence-corrected chi connectivity index (χ2v) is 5.24. The van der Waals surface area contributed by atoms with E-state index in [0.29, 0.717) is 12.5 Å². The molecule has 4 nitrogen and oxygen atoms in total. The van der Waals surface area contributed by atoms with Crippen LogP contribution >= 0.6 is 0 Å². The Balaban J connectivity index is 0.000000180. The average molecular weight is 258 g/mol. The van der Waals surface area contributed by atoms with E-state index in [9.17, 15) is 0 Å². The fourth-order valence-electron chi connectivity index (χ4n) is 1.97. The van der Waals surface area contributed by atoms with Gasteiger partial charge in [-0.15, -0.1) is 0 Å². The summed E-state index contributed by atoms with van der Waals surface area (Å²) in [7, 11) is 0. The highest BCUT2D eigenvalue weighted by molar-refractivity contribution is 4.94. The van der Waals surface area contributed by atoms with Crippen LogP contribution in [-0.4, -0.2) is 47.9 Å². The molecule has 1 fully saturated rings. The molecule has 106 valence electrons. The second kappa shape index (κ2) is 7.89. The average Bonchev–Trinajstić information content (AvgIpc) is 3.28. The van der Waals surface area contributed by atoms with Gasteiger partial charge >= 0.3 is 0 Å². The molecule has 0 saturated carbocycles. The van der Waals surface area contributed by atoms with E-state index in [0.717, 1.165) is 12.5 Å². The minimum absolute atomic E-state index is 0.156. The van der Waals surface area contributed by atoms with Gasteiger partial charge in [-0.3, -0.25) is 0 Å². The molecule has 1 saturated heterocycles. The molecular formula is C14H26O4. The summed E-state index contributed by atoms with van der Waals surface area (Å²) in [6.07, 6.45) is 9.66. The molecule has 4 heteroatoms. The molecule has 0 aromatic heterocycles. The Kier molecular flexibility index (Phi) is 6.86. The molecule has 1 aliphatic carbocycles. The van der Waals surface area contributed by atoms with Gasteiger partial charge in [0.15, 0.2) is 0 Å². The van der Waals surface area contributed by atoms with Crippen molar-refractivity contribution in [3.8, 4) is 0 Å². The van der Waals surface area contributed by atoms with Gasteiger partial charge in [0.25, 0.3) is 0 Å². The van der Waals surface area contributed by atoms with Crippen LogP contribution in [0.4, 0.5) is 0 Å². The number of rotatable bonds is 5. The molecule has 2 unspecified atom stereocenters. The SMILES string of the molecule is C1=CCC(C2CO2)CC1.CCC(CO)(CO)CO. The van der Waals surface area contributed by atoms with Crippen LogP contribution in [0, 0.1) is 11.3 Å². The summed E-state index contributed by atoms with van der Waals surface area (Å²) in [5.74, 6) is 0.856.